The van der Waals surface area contributed by atoms with Gasteiger partial charge in [0.15, 0.2) is 0 Å². The van der Waals surface area contributed by atoms with E-state index in [0.717, 1.165) is 12.1 Å². The number of alkyl halides is 6. The minimum absolute atomic E-state index is 0.0579. The Morgan fingerprint density at radius 2 is 1.86 bits per heavy atom. The van der Waals surface area contributed by atoms with Gasteiger partial charge in [0.1, 0.15) is 18.5 Å². The fraction of sp³-hybridized carbons (Fsp3) is 0.318. The number of nitriles is 2. The molecule has 1 N–H and O–H groups in total. The molecule has 7 nitrogen and oxygen atoms in total. The maximum Gasteiger partial charge on any atom is 0.433 e. The molecule has 0 spiro atoms. The lowest BCUT2D eigenvalue weighted by atomic mass is 10.1. The number of carbonyl (C=O) groups excluding carboxylic acids is 1. The van der Waals surface area contributed by atoms with E-state index in [4.69, 9.17) is 20.0 Å². The molecule has 1 saturated heterocycles. The Balaban J connectivity index is 1.86. The molecule has 0 aliphatic carbocycles. The number of carbonyl (C=O) groups is 1. The minimum Gasteiger partial charge on any atom is -0.489 e. The van der Waals surface area contributed by atoms with Crippen molar-refractivity contribution in [3.05, 3.63) is 53.1 Å². The summed E-state index contributed by atoms with van der Waals surface area (Å²) in [5, 5.41) is 20.4. The van der Waals surface area contributed by atoms with Gasteiger partial charge in [0.25, 0.3) is 0 Å². The minimum atomic E-state index is -4.95. The monoisotopic (exact) mass is 498 g/mol. The molecule has 0 unspecified atom stereocenters. The molecule has 0 saturated carbocycles. The summed E-state index contributed by atoms with van der Waals surface area (Å²) in [7, 11) is 0. The smallest absolute Gasteiger partial charge is 0.433 e. The number of ether oxygens (including phenoxy) is 2. The molecule has 35 heavy (non-hydrogen) atoms. The van der Waals surface area contributed by atoms with Crippen LogP contribution in [0.4, 0.5) is 37.7 Å². The van der Waals surface area contributed by atoms with Crippen LogP contribution in [0.5, 0.6) is 5.75 Å². The lowest BCUT2D eigenvalue weighted by Crippen LogP contribution is -2.42. The molecule has 0 radical (unpaired) electrons. The van der Waals surface area contributed by atoms with E-state index in [1.54, 1.807) is 0 Å². The fourth-order valence-corrected chi connectivity index (χ4v) is 3.44. The standard InChI is InChI=1S/C22H16F6N4O3/c1-12(33)31-18-6-13(8-29)2-5-19(18)34-11-16-10-32(20(35-16)22(26,27)28)15-4-3-14(9-30)17(7-15)21(23,24)25/h2-7,16,20H,10-11H2,1H3,(H,31,33)/t16-,20+/m0/s1. The normalized spacial score (nSPS) is 18.0. The van der Waals surface area contributed by atoms with Gasteiger partial charge in [0.05, 0.1) is 41.1 Å². The summed E-state index contributed by atoms with van der Waals surface area (Å²) in [5.74, 6) is -0.422. The molecule has 2 aromatic carbocycles. The summed E-state index contributed by atoms with van der Waals surface area (Å²) in [6, 6.07) is 9.52. The molecule has 1 heterocycles. The number of nitrogens with one attached hydrogen (secondary N) is 1. The van der Waals surface area contributed by atoms with Gasteiger partial charge in [-0.05, 0) is 36.4 Å². The average Bonchev–Trinajstić information content (AvgIpc) is 3.21. The van der Waals surface area contributed by atoms with Crippen molar-refractivity contribution >= 4 is 17.3 Å². The van der Waals surface area contributed by atoms with Gasteiger partial charge in [-0.3, -0.25) is 4.79 Å². The Labute approximate surface area is 195 Å². The van der Waals surface area contributed by atoms with Crippen LogP contribution in [0.1, 0.15) is 23.6 Å². The number of nitrogens with zero attached hydrogens (tertiary/aromatic N) is 3. The van der Waals surface area contributed by atoms with Crippen molar-refractivity contribution in [3.63, 3.8) is 0 Å². The zero-order valence-electron chi connectivity index (χ0n) is 17.9. The van der Waals surface area contributed by atoms with Crippen LogP contribution < -0.4 is 15.0 Å². The highest BCUT2D eigenvalue weighted by molar-refractivity contribution is 5.90. The largest absolute Gasteiger partial charge is 0.489 e. The second-order valence-corrected chi connectivity index (χ2v) is 7.46. The van der Waals surface area contributed by atoms with E-state index < -0.39 is 60.6 Å². The van der Waals surface area contributed by atoms with Crippen LogP contribution in [0, 0.1) is 22.7 Å². The summed E-state index contributed by atoms with van der Waals surface area (Å²) < 4.78 is 91.4. The van der Waals surface area contributed by atoms with Crippen molar-refractivity contribution in [2.75, 3.05) is 23.4 Å². The second-order valence-electron chi connectivity index (χ2n) is 7.46. The molecular formula is C22H16F6N4O3. The van der Waals surface area contributed by atoms with Crippen LogP contribution >= 0.6 is 0 Å². The van der Waals surface area contributed by atoms with Crippen LogP contribution in [0.2, 0.25) is 0 Å². The number of halogens is 6. The number of benzene rings is 2. The van der Waals surface area contributed by atoms with E-state index in [0.29, 0.717) is 11.0 Å². The van der Waals surface area contributed by atoms with Crippen LogP contribution in [0.25, 0.3) is 0 Å². The summed E-state index contributed by atoms with van der Waals surface area (Å²) in [6.45, 7) is 0.296. The molecule has 0 bridgehead atoms. The summed E-state index contributed by atoms with van der Waals surface area (Å²) in [4.78, 5) is 12.0. The van der Waals surface area contributed by atoms with Crippen LogP contribution in [-0.2, 0) is 15.7 Å². The van der Waals surface area contributed by atoms with Crippen molar-refractivity contribution in [1.29, 1.82) is 10.5 Å². The third kappa shape index (κ3) is 5.94. The van der Waals surface area contributed by atoms with E-state index >= 15 is 0 Å². The molecule has 1 fully saturated rings. The van der Waals surface area contributed by atoms with Gasteiger partial charge in [0, 0.05) is 12.6 Å². The van der Waals surface area contributed by atoms with Crippen molar-refractivity contribution in [1.82, 2.24) is 0 Å². The first-order valence-corrected chi connectivity index (χ1v) is 9.88. The SMILES string of the molecule is CC(=O)Nc1cc(C#N)ccc1OC[C@@H]1CN(c2ccc(C#N)c(C(F)(F)F)c2)[C@@H](C(F)(F)F)O1. The molecule has 2 atom stereocenters. The molecule has 13 heteroatoms. The quantitative estimate of drug-likeness (QED) is 0.606. The maximum absolute atomic E-state index is 13.6. The highest BCUT2D eigenvalue weighted by Gasteiger charge is 2.51. The van der Waals surface area contributed by atoms with Crippen molar-refractivity contribution in [2.45, 2.75) is 31.6 Å². The maximum atomic E-state index is 13.6. The van der Waals surface area contributed by atoms with Gasteiger partial charge in [-0.2, -0.15) is 36.9 Å². The van der Waals surface area contributed by atoms with Crippen molar-refractivity contribution in [3.8, 4) is 17.9 Å². The number of amides is 1. The fourth-order valence-electron chi connectivity index (χ4n) is 3.44. The zero-order chi connectivity index (χ0) is 26.0. The Morgan fingerprint density at radius 1 is 1.14 bits per heavy atom. The predicted octanol–water partition coefficient (Wildman–Crippen LogP) is 4.58. The molecule has 3 rings (SSSR count). The first kappa shape index (κ1) is 25.6. The highest BCUT2D eigenvalue weighted by atomic mass is 19.4. The first-order chi connectivity index (χ1) is 16.3. The van der Waals surface area contributed by atoms with Crippen LogP contribution in [0.3, 0.4) is 0 Å². The number of anilines is 2. The number of hydrogen-bond acceptors (Lipinski definition) is 6. The van der Waals surface area contributed by atoms with E-state index in [1.165, 1.54) is 31.2 Å². The third-order valence-corrected chi connectivity index (χ3v) is 4.89. The molecule has 184 valence electrons. The lowest BCUT2D eigenvalue weighted by Gasteiger charge is -2.27. The van der Waals surface area contributed by atoms with E-state index in [-0.39, 0.29) is 17.0 Å². The third-order valence-electron chi connectivity index (χ3n) is 4.89. The zero-order valence-corrected chi connectivity index (χ0v) is 17.9. The number of rotatable bonds is 5. The van der Waals surface area contributed by atoms with Crippen LogP contribution in [-0.4, -0.2) is 37.6 Å². The van der Waals surface area contributed by atoms with E-state index in [1.807, 2.05) is 6.07 Å². The van der Waals surface area contributed by atoms with Gasteiger partial charge >= 0.3 is 12.4 Å². The Hall–Kier alpha value is -3.97. The molecule has 1 amide bonds. The molecule has 1 aliphatic heterocycles. The Kier molecular flexibility index (Phi) is 7.12. The molecule has 1 aliphatic rings. The Bertz CT molecular complexity index is 1200. The van der Waals surface area contributed by atoms with Gasteiger partial charge in [-0.1, -0.05) is 0 Å². The predicted molar refractivity (Wildman–Crippen MR) is 109 cm³/mol. The van der Waals surface area contributed by atoms with E-state index in [2.05, 4.69) is 5.32 Å². The summed E-state index contributed by atoms with van der Waals surface area (Å²) >= 11 is 0. The van der Waals surface area contributed by atoms with Gasteiger partial charge in [0.2, 0.25) is 12.1 Å². The Morgan fingerprint density at radius 3 is 2.43 bits per heavy atom. The van der Waals surface area contributed by atoms with Gasteiger partial charge in [-0.25, -0.2) is 0 Å². The van der Waals surface area contributed by atoms with Gasteiger partial charge in [-0.15, -0.1) is 0 Å². The first-order valence-electron chi connectivity index (χ1n) is 9.88. The average molecular weight is 498 g/mol. The molecule has 2 aromatic rings. The van der Waals surface area contributed by atoms with Crippen LogP contribution in [0.15, 0.2) is 36.4 Å². The highest BCUT2D eigenvalue weighted by Crippen LogP contribution is 2.39. The summed E-state index contributed by atoms with van der Waals surface area (Å²) in [6.07, 6.45) is -13.7. The van der Waals surface area contributed by atoms with Gasteiger partial charge < -0.3 is 19.7 Å². The lowest BCUT2D eigenvalue weighted by molar-refractivity contribution is -0.215. The van der Waals surface area contributed by atoms with Crippen molar-refractivity contribution < 1.29 is 40.6 Å². The second kappa shape index (κ2) is 9.72. The molecule has 0 aromatic heterocycles. The van der Waals surface area contributed by atoms with E-state index in [9.17, 15) is 31.1 Å². The molecular weight excluding hydrogens is 482 g/mol. The number of hydrogen-bond donors (Lipinski definition) is 1. The summed E-state index contributed by atoms with van der Waals surface area (Å²) in [5.41, 5.74) is -2.21. The topological polar surface area (TPSA) is 98.4 Å². The van der Waals surface area contributed by atoms with Crippen molar-refractivity contribution in [2.24, 2.45) is 0 Å².